The minimum atomic E-state index is 0.509. The molecule has 2 saturated heterocycles. The molecule has 0 aromatic rings. The summed E-state index contributed by atoms with van der Waals surface area (Å²) in [5.74, 6) is 0.837. The molecular formula is C12H24N2O. The van der Waals surface area contributed by atoms with E-state index in [9.17, 15) is 0 Å². The van der Waals surface area contributed by atoms with E-state index >= 15 is 0 Å². The van der Waals surface area contributed by atoms with Crippen LogP contribution in [0.3, 0.4) is 0 Å². The summed E-state index contributed by atoms with van der Waals surface area (Å²) in [6.07, 6.45) is 4.29. The Kier molecular flexibility index (Phi) is 4.00. The molecule has 0 radical (unpaired) electrons. The summed E-state index contributed by atoms with van der Waals surface area (Å²) in [5.41, 5.74) is 0. The molecule has 88 valence electrons. The molecule has 0 aliphatic carbocycles. The van der Waals surface area contributed by atoms with Crippen LogP contribution < -0.4 is 5.32 Å². The number of piperidine rings is 2. The van der Waals surface area contributed by atoms with Crippen LogP contribution >= 0.6 is 0 Å². The summed E-state index contributed by atoms with van der Waals surface area (Å²) in [7, 11) is 1.84. The van der Waals surface area contributed by atoms with Gasteiger partial charge in [-0.15, -0.1) is 0 Å². The van der Waals surface area contributed by atoms with Crippen LogP contribution in [-0.2, 0) is 4.74 Å². The Morgan fingerprint density at radius 2 is 1.93 bits per heavy atom. The monoisotopic (exact) mass is 212 g/mol. The van der Waals surface area contributed by atoms with Crippen molar-refractivity contribution < 1.29 is 4.74 Å². The van der Waals surface area contributed by atoms with Crippen molar-refractivity contribution >= 4 is 0 Å². The molecular weight excluding hydrogens is 188 g/mol. The topological polar surface area (TPSA) is 24.5 Å². The number of nitrogens with one attached hydrogen (secondary N) is 1. The molecule has 0 aromatic carbocycles. The third kappa shape index (κ3) is 2.92. The molecule has 15 heavy (non-hydrogen) atoms. The van der Waals surface area contributed by atoms with Crippen molar-refractivity contribution in [3.8, 4) is 0 Å². The van der Waals surface area contributed by atoms with Crippen LogP contribution in [0.5, 0.6) is 0 Å². The van der Waals surface area contributed by atoms with Gasteiger partial charge in [-0.1, -0.05) is 6.92 Å². The van der Waals surface area contributed by atoms with Gasteiger partial charge in [-0.2, -0.15) is 0 Å². The van der Waals surface area contributed by atoms with E-state index in [1.165, 1.54) is 45.4 Å². The molecule has 2 aliphatic rings. The predicted octanol–water partition coefficient (Wildman–Crippen LogP) is 1.10. The van der Waals surface area contributed by atoms with Crippen LogP contribution in [0.15, 0.2) is 0 Å². The highest BCUT2D eigenvalue weighted by molar-refractivity contribution is 4.84. The average Bonchev–Trinajstić information content (AvgIpc) is 2.29. The fraction of sp³-hybridized carbons (Fsp3) is 1.00. The Morgan fingerprint density at radius 1 is 1.20 bits per heavy atom. The molecule has 2 aliphatic heterocycles. The number of ether oxygens (including phenoxy) is 1. The van der Waals surface area contributed by atoms with Crippen LogP contribution in [-0.4, -0.2) is 50.3 Å². The van der Waals surface area contributed by atoms with Crippen LogP contribution in [0.25, 0.3) is 0 Å². The molecule has 2 heterocycles. The first-order valence-electron chi connectivity index (χ1n) is 6.27. The van der Waals surface area contributed by atoms with Gasteiger partial charge in [0.05, 0.1) is 6.10 Å². The van der Waals surface area contributed by atoms with Crippen molar-refractivity contribution in [1.82, 2.24) is 10.2 Å². The molecule has 2 rings (SSSR count). The maximum absolute atomic E-state index is 5.41. The highest BCUT2D eigenvalue weighted by Gasteiger charge is 2.27. The van der Waals surface area contributed by atoms with Gasteiger partial charge in [0.25, 0.3) is 0 Å². The normalized spacial score (nSPS) is 35.6. The maximum Gasteiger partial charge on any atom is 0.0595 e. The second-order valence-electron chi connectivity index (χ2n) is 5.12. The first-order valence-corrected chi connectivity index (χ1v) is 6.27. The molecule has 3 nitrogen and oxygen atoms in total. The fourth-order valence-electron chi connectivity index (χ4n) is 2.88. The summed E-state index contributed by atoms with van der Waals surface area (Å²) >= 11 is 0. The molecule has 0 bridgehead atoms. The lowest BCUT2D eigenvalue weighted by Crippen LogP contribution is -2.51. The summed E-state index contributed by atoms with van der Waals surface area (Å²) in [6, 6.07) is 0.770. The van der Waals surface area contributed by atoms with Gasteiger partial charge in [0, 0.05) is 32.8 Å². The molecule has 0 amide bonds. The van der Waals surface area contributed by atoms with Gasteiger partial charge in [-0.3, -0.25) is 4.90 Å². The molecule has 2 fully saturated rings. The molecule has 2 atom stereocenters. The van der Waals surface area contributed by atoms with E-state index in [0.29, 0.717) is 6.10 Å². The van der Waals surface area contributed by atoms with E-state index in [4.69, 9.17) is 4.74 Å². The van der Waals surface area contributed by atoms with Gasteiger partial charge >= 0.3 is 0 Å². The number of likely N-dealkylation sites (tertiary alicyclic amines) is 1. The molecule has 0 aromatic heterocycles. The number of methoxy groups -OCH3 is 1. The zero-order valence-electron chi connectivity index (χ0n) is 10.0. The van der Waals surface area contributed by atoms with Crippen molar-refractivity contribution in [1.29, 1.82) is 0 Å². The van der Waals surface area contributed by atoms with E-state index in [0.717, 1.165) is 12.0 Å². The van der Waals surface area contributed by atoms with Crippen molar-refractivity contribution in [3.05, 3.63) is 0 Å². The van der Waals surface area contributed by atoms with Gasteiger partial charge in [0.1, 0.15) is 0 Å². The van der Waals surface area contributed by atoms with Crippen molar-refractivity contribution in [2.75, 3.05) is 33.3 Å². The van der Waals surface area contributed by atoms with E-state index in [1.807, 2.05) is 7.11 Å². The number of rotatable bonds is 2. The van der Waals surface area contributed by atoms with Crippen LogP contribution in [0.4, 0.5) is 0 Å². The lowest BCUT2D eigenvalue weighted by molar-refractivity contribution is 0.0201. The Balaban J connectivity index is 1.79. The predicted molar refractivity (Wildman–Crippen MR) is 62.0 cm³/mol. The lowest BCUT2D eigenvalue weighted by Gasteiger charge is -2.40. The molecule has 0 saturated carbocycles. The van der Waals surface area contributed by atoms with Crippen LogP contribution in [0.2, 0.25) is 0 Å². The second-order valence-corrected chi connectivity index (χ2v) is 5.12. The van der Waals surface area contributed by atoms with Gasteiger partial charge < -0.3 is 10.1 Å². The smallest absolute Gasteiger partial charge is 0.0595 e. The van der Waals surface area contributed by atoms with E-state index < -0.39 is 0 Å². The minimum Gasteiger partial charge on any atom is -0.381 e. The van der Waals surface area contributed by atoms with Gasteiger partial charge in [-0.05, 0) is 31.7 Å². The van der Waals surface area contributed by atoms with Crippen molar-refractivity contribution in [2.45, 2.75) is 38.3 Å². The number of hydrogen-bond donors (Lipinski definition) is 1. The van der Waals surface area contributed by atoms with Crippen LogP contribution in [0, 0.1) is 5.92 Å². The third-order valence-electron chi connectivity index (χ3n) is 3.87. The molecule has 0 spiro atoms. The fourth-order valence-corrected chi connectivity index (χ4v) is 2.88. The molecule has 1 N–H and O–H groups in total. The molecule has 2 unspecified atom stereocenters. The highest BCUT2D eigenvalue weighted by Crippen LogP contribution is 2.20. The standard InChI is InChI=1S/C12H24N2O/c1-10-7-11(9-13-8-10)14-5-3-12(15-2)4-6-14/h10-13H,3-9H2,1-2H3. The van der Waals surface area contributed by atoms with E-state index in [1.54, 1.807) is 0 Å². The SMILES string of the molecule is COC1CCN(C2CNCC(C)C2)CC1. The minimum absolute atomic E-state index is 0.509. The van der Waals surface area contributed by atoms with Gasteiger partial charge in [0.2, 0.25) is 0 Å². The summed E-state index contributed by atoms with van der Waals surface area (Å²) in [6.45, 7) is 7.17. The number of nitrogens with zero attached hydrogens (tertiary/aromatic N) is 1. The summed E-state index contributed by atoms with van der Waals surface area (Å²) < 4.78 is 5.41. The van der Waals surface area contributed by atoms with Crippen molar-refractivity contribution in [2.24, 2.45) is 5.92 Å². The zero-order valence-corrected chi connectivity index (χ0v) is 10.0. The first-order chi connectivity index (χ1) is 7.29. The van der Waals surface area contributed by atoms with Crippen molar-refractivity contribution in [3.63, 3.8) is 0 Å². The lowest BCUT2D eigenvalue weighted by atomic mass is 9.94. The third-order valence-corrected chi connectivity index (χ3v) is 3.87. The Labute approximate surface area is 93.2 Å². The average molecular weight is 212 g/mol. The highest BCUT2D eigenvalue weighted by atomic mass is 16.5. The van der Waals surface area contributed by atoms with Gasteiger partial charge in [-0.25, -0.2) is 0 Å². The van der Waals surface area contributed by atoms with Gasteiger partial charge in [0.15, 0.2) is 0 Å². The summed E-state index contributed by atoms with van der Waals surface area (Å²) in [4.78, 5) is 2.65. The van der Waals surface area contributed by atoms with E-state index in [-0.39, 0.29) is 0 Å². The quantitative estimate of drug-likeness (QED) is 0.742. The largest absolute Gasteiger partial charge is 0.381 e. The molecule has 3 heteroatoms. The Morgan fingerprint density at radius 3 is 2.53 bits per heavy atom. The second kappa shape index (κ2) is 5.28. The van der Waals surface area contributed by atoms with Crippen LogP contribution in [0.1, 0.15) is 26.2 Å². The Hall–Kier alpha value is -0.120. The zero-order chi connectivity index (χ0) is 10.7. The number of hydrogen-bond acceptors (Lipinski definition) is 3. The Bertz CT molecular complexity index is 190. The maximum atomic E-state index is 5.41. The first kappa shape index (κ1) is 11.4. The van der Waals surface area contributed by atoms with E-state index in [2.05, 4.69) is 17.1 Å². The summed E-state index contributed by atoms with van der Waals surface area (Å²) in [5, 5.41) is 3.53.